The SMILES string of the molecule is Cc1nc2c(F)cccc2cc1Oc1cccc(F)c1-c1cnco1. The Balaban J connectivity index is 1.83. The molecule has 0 saturated carbocycles. The van der Waals surface area contributed by atoms with Crippen LogP contribution in [-0.4, -0.2) is 9.97 Å². The van der Waals surface area contributed by atoms with Crippen LogP contribution in [-0.2, 0) is 0 Å². The van der Waals surface area contributed by atoms with Crippen molar-refractivity contribution in [2.75, 3.05) is 0 Å². The average Bonchev–Trinajstić information content (AvgIpc) is 3.11. The molecular formula is C19H12F2N2O2. The number of aromatic nitrogens is 2. The summed E-state index contributed by atoms with van der Waals surface area (Å²) in [5.41, 5.74) is 0.922. The summed E-state index contributed by atoms with van der Waals surface area (Å²) < 4.78 is 39.2. The third-order valence-corrected chi connectivity index (χ3v) is 3.81. The second-order valence-corrected chi connectivity index (χ2v) is 5.46. The number of halogens is 2. The lowest BCUT2D eigenvalue weighted by atomic mass is 10.1. The molecule has 2 aromatic heterocycles. The summed E-state index contributed by atoms with van der Waals surface area (Å²) in [4.78, 5) is 8.07. The number of hydrogen-bond acceptors (Lipinski definition) is 4. The maximum Gasteiger partial charge on any atom is 0.181 e. The molecule has 0 aliphatic heterocycles. The van der Waals surface area contributed by atoms with Gasteiger partial charge in [0.25, 0.3) is 0 Å². The highest BCUT2D eigenvalue weighted by molar-refractivity contribution is 5.81. The first-order valence-corrected chi connectivity index (χ1v) is 7.54. The van der Waals surface area contributed by atoms with Gasteiger partial charge >= 0.3 is 0 Å². The summed E-state index contributed by atoms with van der Waals surface area (Å²) >= 11 is 0. The number of hydrogen-bond donors (Lipinski definition) is 0. The van der Waals surface area contributed by atoms with Crippen molar-refractivity contribution in [3.63, 3.8) is 0 Å². The predicted octanol–water partition coefficient (Wildman–Crippen LogP) is 5.27. The standard InChI is InChI=1S/C19H12F2N2O2/c1-11-16(8-12-4-2-6-14(21)19(12)23-11)25-15-7-3-5-13(20)18(15)17-9-22-10-24-17/h2-10H,1H3. The van der Waals surface area contributed by atoms with Gasteiger partial charge in [-0.2, -0.15) is 0 Å². The van der Waals surface area contributed by atoms with Crippen molar-refractivity contribution in [1.82, 2.24) is 9.97 Å². The average molecular weight is 338 g/mol. The van der Waals surface area contributed by atoms with E-state index in [-0.39, 0.29) is 22.6 Å². The van der Waals surface area contributed by atoms with E-state index in [1.54, 1.807) is 31.2 Å². The molecular weight excluding hydrogens is 326 g/mol. The Hall–Kier alpha value is -3.28. The highest BCUT2D eigenvalue weighted by atomic mass is 19.1. The zero-order chi connectivity index (χ0) is 17.4. The predicted molar refractivity (Wildman–Crippen MR) is 88.4 cm³/mol. The topological polar surface area (TPSA) is 48.2 Å². The van der Waals surface area contributed by atoms with Crippen molar-refractivity contribution in [1.29, 1.82) is 0 Å². The van der Waals surface area contributed by atoms with Crippen molar-refractivity contribution >= 4 is 10.9 Å². The Morgan fingerprint density at radius 3 is 2.60 bits per heavy atom. The zero-order valence-electron chi connectivity index (χ0n) is 13.2. The van der Waals surface area contributed by atoms with Gasteiger partial charge in [0.05, 0.1) is 17.5 Å². The van der Waals surface area contributed by atoms with Crippen molar-refractivity contribution in [3.05, 3.63) is 72.4 Å². The van der Waals surface area contributed by atoms with Gasteiger partial charge in [0.2, 0.25) is 0 Å². The molecule has 2 heterocycles. The Kier molecular flexibility index (Phi) is 3.65. The fraction of sp³-hybridized carbons (Fsp3) is 0.0526. The van der Waals surface area contributed by atoms with Crippen LogP contribution in [0.4, 0.5) is 8.78 Å². The van der Waals surface area contributed by atoms with Gasteiger partial charge < -0.3 is 9.15 Å². The molecule has 2 aromatic carbocycles. The lowest BCUT2D eigenvalue weighted by Crippen LogP contribution is -1.96. The normalized spacial score (nSPS) is 11.0. The molecule has 4 nitrogen and oxygen atoms in total. The van der Waals surface area contributed by atoms with Crippen LogP contribution in [0, 0.1) is 18.6 Å². The molecule has 0 fully saturated rings. The van der Waals surface area contributed by atoms with Gasteiger partial charge in [0.15, 0.2) is 12.2 Å². The number of pyridine rings is 1. The highest BCUT2D eigenvalue weighted by Crippen LogP contribution is 2.36. The lowest BCUT2D eigenvalue weighted by molar-refractivity contribution is 0.469. The molecule has 0 N–H and O–H groups in total. The molecule has 6 heteroatoms. The monoisotopic (exact) mass is 338 g/mol. The molecule has 124 valence electrons. The van der Waals surface area contributed by atoms with E-state index in [2.05, 4.69) is 9.97 Å². The van der Waals surface area contributed by atoms with Gasteiger partial charge in [-0.1, -0.05) is 18.2 Å². The van der Waals surface area contributed by atoms with E-state index < -0.39 is 11.6 Å². The molecule has 0 unspecified atom stereocenters. The molecule has 0 amide bonds. The Morgan fingerprint density at radius 1 is 1.00 bits per heavy atom. The van der Waals surface area contributed by atoms with Crippen LogP contribution in [0.25, 0.3) is 22.2 Å². The van der Waals surface area contributed by atoms with Gasteiger partial charge in [0.1, 0.15) is 28.7 Å². The van der Waals surface area contributed by atoms with Crippen LogP contribution in [0.5, 0.6) is 11.5 Å². The van der Waals surface area contributed by atoms with Crippen molar-refractivity contribution in [2.45, 2.75) is 6.92 Å². The Labute approximate surface area is 141 Å². The number of nitrogens with zero attached hydrogens (tertiary/aromatic N) is 2. The largest absolute Gasteiger partial charge is 0.455 e. The first-order valence-electron chi connectivity index (χ1n) is 7.54. The Bertz CT molecular complexity index is 1060. The summed E-state index contributed by atoms with van der Waals surface area (Å²) in [5, 5.41) is 0.596. The van der Waals surface area contributed by atoms with Crippen LogP contribution in [0.3, 0.4) is 0 Å². The molecule has 25 heavy (non-hydrogen) atoms. The van der Waals surface area contributed by atoms with E-state index >= 15 is 0 Å². The Morgan fingerprint density at radius 2 is 1.80 bits per heavy atom. The number of para-hydroxylation sites is 1. The first kappa shape index (κ1) is 15.3. The maximum absolute atomic E-state index is 14.3. The van der Waals surface area contributed by atoms with Crippen LogP contribution >= 0.6 is 0 Å². The van der Waals surface area contributed by atoms with Gasteiger partial charge in [-0.05, 0) is 31.2 Å². The minimum atomic E-state index is -0.494. The van der Waals surface area contributed by atoms with Gasteiger partial charge in [-0.25, -0.2) is 18.7 Å². The second-order valence-electron chi connectivity index (χ2n) is 5.46. The quantitative estimate of drug-likeness (QED) is 0.511. The van der Waals surface area contributed by atoms with Crippen LogP contribution in [0.1, 0.15) is 5.69 Å². The summed E-state index contributed by atoms with van der Waals surface area (Å²) in [5.74, 6) is 0.0272. The fourth-order valence-electron chi connectivity index (χ4n) is 2.62. The second kappa shape index (κ2) is 5.98. The third kappa shape index (κ3) is 2.71. The number of rotatable bonds is 3. The minimum absolute atomic E-state index is 0.165. The number of benzene rings is 2. The van der Waals surface area contributed by atoms with E-state index in [0.29, 0.717) is 16.8 Å². The smallest absolute Gasteiger partial charge is 0.181 e. The lowest BCUT2D eigenvalue weighted by Gasteiger charge is -2.13. The van der Waals surface area contributed by atoms with Crippen LogP contribution < -0.4 is 4.74 Å². The number of fused-ring (bicyclic) bond motifs is 1. The maximum atomic E-state index is 14.3. The van der Waals surface area contributed by atoms with Crippen LogP contribution in [0.2, 0.25) is 0 Å². The summed E-state index contributed by atoms with van der Waals surface area (Å²) in [7, 11) is 0. The van der Waals surface area contributed by atoms with E-state index in [1.165, 1.54) is 30.8 Å². The summed E-state index contributed by atoms with van der Waals surface area (Å²) in [6, 6.07) is 10.8. The molecule has 0 atom stereocenters. The summed E-state index contributed by atoms with van der Waals surface area (Å²) in [6.45, 7) is 1.70. The van der Waals surface area contributed by atoms with Gasteiger partial charge in [-0.3, -0.25) is 0 Å². The molecule has 0 bridgehead atoms. The molecule has 0 aliphatic rings. The minimum Gasteiger partial charge on any atom is -0.455 e. The number of aryl methyl sites for hydroxylation is 1. The van der Waals surface area contributed by atoms with E-state index in [1.807, 2.05) is 0 Å². The third-order valence-electron chi connectivity index (χ3n) is 3.81. The fourth-order valence-corrected chi connectivity index (χ4v) is 2.62. The molecule has 0 spiro atoms. The van der Waals surface area contributed by atoms with Gasteiger partial charge in [-0.15, -0.1) is 0 Å². The van der Waals surface area contributed by atoms with Crippen molar-refractivity contribution < 1.29 is 17.9 Å². The van der Waals surface area contributed by atoms with Crippen molar-refractivity contribution in [2.24, 2.45) is 0 Å². The number of oxazole rings is 1. The van der Waals surface area contributed by atoms with Crippen LogP contribution in [0.15, 0.2) is 59.5 Å². The molecule has 0 saturated heterocycles. The molecule has 4 aromatic rings. The number of ether oxygens (including phenoxy) is 1. The van der Waals surface area contributed by atoms with E-state index in [0.717, 1.165) is 0 Å². The molecule has 0 radical (unpaired) electrons. The molecule has 4 rings (SSSR count). The molecule has 0 aliphatic carbocycles. The highest BCUT2D eigenvalue weighted by Gasteiger charge is 2.17. The van der Waals surface area contributed by atoms with Gasteiger partial charge in [0, 0.05) is 5.39 Å². The summed E-state index contributed by atoms with van der Waals surface area (Å²) in [6.07, 6.45) is 2.63. The van der Waals surface area contributed by atoms with E-state index in [9.17, 15) is 8.78 Å². The first-order chi connectivity index (χ1) is 12.1. The zero-order valence-corrected chi connectivity index (χ0v) is 13.2. The van der Waals surface area contributed by atoms with E-state index in [4.69, 9.17) is 9.15 Å². The van der Waals surface area contributed by atoms with Crippen molar-refractivity contribution in [3.8, 4) is 22.8 Å².